The minimum absolute atomic E-state index is 0.542. The third-order valence-electron chi connectivity index (χ3n) is 20.9. The third kappa shape index (κ3) is 20.9. The van der Waals surface area contributed by atoms with Gasteiger partial charge in [0.25, 0.3) is 0 Å². The maximum atomic E-state index is 6.80. The van der Waals surface area contributed by atoms with Crippen molar-refractivity contribution in [3.8, 4) is 34.5 Å². The molecule has 0 amide bonds. The zero-order valence-corrected chi connectivity index (χ0v) is 61.2. The van der Waals surface area contributed by atoms with Gasteiger partial charge >= 0.3 is 7.19 Å². The molecule has 0 saturated carbocycles. The van der Waals surface area contributed by atoms with E-state index in [0.29, 0.717) is 34.5 Å². The smallest absolute Gasteiger partial charge is 0.457 e. The molecule has 0 atom stereocenters. The molecule has 0 unspecified atom stereocenters. The average molecular weight is 1330 g/mol. The quantitative estimate of drug-likeness (QED) is 0.0280. The van der Waals surface area contributed by atoms with Crippen molar-refractivity contribution in [1.29, 1.82) is 0 Å². The van der Waals surface area contributed by atoms with Crippen LogP contribution >= 0.6 is 0 Å². The molecular formula is C88H117BN6O4. The van der Waals surface area contributed by atoms with E-state index in [0.717, 1.165) is 86.2 Å². The maximum Gasteiger partial charge on any atom is 0.562 e. The first-order valence-electron chi connectivity index (χ1n) is 39.9. The standard InChI is InChI=1S/C88H117BN6O4/c1-5-8-11-14-17-20-23-26-29-32-35-38-41-47-68-50-44-53-71(62-68)97-74-56-59-77-80(65-74)84-90-83(77)91-87-81-66-75(98-72-54-45-51-69(63-72)48-42-39-36-33-30-27-24-21-18-15-12-9-6-2)58-61-79(81)86-93-88-82-67-76(57-60-78(82)85(92-84)94(88)89(96-4)95(86)87)99-73-55-46-52-70(64-73)49-43-40-37-34-31-28-25-22-19-16-13-10-7-3/h44-46,50-67H,5-43,47-49H2,1-4H3/b91-83-,91-87?,92-84?,92-85-. The van der Waals surface area contributed by atoms with E-state index < -0.39 is 7.19 Å². The van der Waals surface area contributed by atoms with Gasteiger partial charge in [0, 0.05) is 39.8 Å². The molecule has 0 fully saturated rings. The number of benzene rings is 6. The van der Waals surface area contributed by atoms with Crippen molar-refractivity contribution in [1.82, 2.24) is 8.96 Å². The van der Waals surface area contributed by atoms with Crippen LogP contribution in [0.5, 0.6) is 34.5 Å². The van der Waals surface area contributed by atoms with Gasteiger partial charge in [0.1, 0.15) is 57.1 Å². The highest BCUT2D eigenvalue weighted by molar-refractivity contribution is 6.51. The van der Waals surface area contributed by atoms with Crippen LogP contribution in [-0.4, -0.2) is 34.9 Å². The average Bonchev–Trinajstić information content (AvgIpc) is 1.54. The number of amidine groups is 2. The van der Waals surface area contributed by atoms with Gasteiger partial charge in [-0.1, -0.05) is 288 Å². The largest absolute Gasteiger partial charge is 0.562 e. The molecule has 99 heavy (non-hydrogen) atoms. The fraction of sp³-hybridized carbons (Fsp3) is 0.523. The highest BCUT2D eigenvalue weighted by Crippen LogP contribution is 2.44. The van der Waals surface area contributed by atoms with E-state index in [2.05, 4.69) is 151 Å². The van der Waals surface area contributed by atoms with Crippen molar-refractivity contribution in [2.45, 2.75) is 290 Å². The van der Waals surface area contributed by atoms with Crippen LogP contribution in [0.25, 0.3) is 21.5 Å². The van der Waals surface area contributed by atoms with Gasteiger partial charge in [0.05, 0.1) is 0 Å². The van der Waals surface area contributed by atoms with E-state index in [9.17, 15) is 0 Å². The summed E-state index contributed by atoms with van der Waals surface area (Å²) in [4.78, 5) is 22.0. The highest BCUT2D eigenvalue weighted by atomic mass is 16.5. The van der Waals surface area contributed by atoms with Gasteiger partial charge in [-0.15, -0.1) is 0 Å². The van der Waals surface area contributed by atoms with E-state index in [-0.39, 0.29) is 0 Å². The lowest BCUT2D eigenvalue weighted by molar-refractivity contribution is 0.396. The van der Waals surface area contributed by atoms with Crippen molar-refractivity contribution in [3.05, 3.63) is 166 Å². The van der Waals surface area contributed by atoms with Crippen LogP contribution < -0.4 is 25.2 Å². The molecule has 10 nitrogen and oxygen atoms in total. The SMILES string of the molecule is CCCCCCCCCCCCCCCc1cccc(Oc2ccc3c(c2)C2=NC/3=N\c3c4cc(Oc5cccc(CCCCCCCCCCCCCCC)c5)ccc4c4n3B(OC)n3c(c5cc(Oc6cccc(CCCCCCCCCCCCCCC)c6)ccc5/c3=N/2)=N4)c1. The van der Waals surface area contributed by atoms with Crippen molar-refractivity contribution in [2.75, 3.05) is 7.11 Å². The fourth-order valence-electron chi connectivity index (χ4n) is 15.3. The van der Waals surface area contributed by atoms with E-state index in [1.165, 1.54) is 267 Å². The number of hydrogen-bond donors (Lipinski definition) is 0. The van der Waals surface area contributed by atoms with Crippen LogP contribution in [0.1, 0.15) is 299 Å². The number of aromatic nitrogens is 2. The van der Waals surface area contributed by atoms with Crippen molar-refractivity contribution >= 4 is 52.0 Å². The second-order valence-corrected chi connectivity index (χ2v) is 29.0. The Kier molecular flexibility index (Phi) is 29.3. The number of aliphatic imine (C=N–C) groups is 2. The summed E-state index contributed by atoms with van der Waals surface area (Å²) in [5.41, 5.74) is 7.01. The molecule has 0 radical (unpaired) electrons. The van der Waals surface area contributed by atoms with E-state index in [4.69, 9.17) is 38.8 Å². The Hall–Kier alpha value is -7.24. The van der Waals surface area contributed by atoms with Gasteiger partial charge in [0.15, 0.2) is 11.7 Å². The molecule has 3 aliphatic rings. The van der Waals surface area contributed by atoms with Crippen molar-refractivity contribution in [2.24, 2.45) is 20.0 Å². The lowest BCUT2D eigenvalue weighted by Gasteiger charge is -2.21. The molecule has 11 rings (SSSR count). The Labute approximate surface area is 594 Å². The molecule has 0 saturated heterocycles. The van der Waals surface area contributed by atoms with Crippen molar-refractivity contribution in [3.63, 3.8) is 0 Å². The van der Waals surface area contributed by atoms with Crippen molar-refractivity contribution < 1.29 is 18.9 Å². The monoisotopic (exact) mass is 1330 g/mol. The van der Waals surface area contributed by atoms with Crippen LogP contribution in [-0.2, 0) is 23.9 Å². The summed E-state index contributed by atoms with van der Waals surface area (Å²) in [6, 6.07) is 44.6. The molecule has 5 heterocycles. The van der Waals surface area contributed by atoms with Gasteiger partial charge in [-0.3, -0.25) is 0 Å². The van der Waals surface area contributed by atoms with Gasteiger partial charge < -0.3 is 27.8 Å². The Bertz CT molecular complexity index is 4010. The van der Waals surface area contributed by atoms with Crippen LogP contribution in [0.2, 0.25) is 0 Å². The number of aryl methyl sites for hydroxylation is 3. The Morgan fingerprint density at radius 2 is 0.626 bits per heavy atom. The molecule has 0 spiro atoms. The van der Waals surface area contributed by atoms with Gasteiger partial charge in [-0.05, 0) is 146 Å². The molecule has 4 bridgehead atoms. The van der Waals surface area contributed by atoms with Crippen LogP contribution in [0.3, 0.4) is 0 Å². The van der Waals surface area contributed by atoms with E-state index >= 15 is 0 Å². The molecule has 3 aliphatic heterocycles. The minimum Gasteiger partial charge on any atom is -0.457 e. The van der Waals surface area contributed by atoms with Gasteiger partial charge in [0.2, 0.25) is 0 Å². The molecule has 8 aromatic rings. The Morgan fingerprint density at radius 3 is 1.05 bits per heavy atom. The predicted octanol–water partition coefficient (Wildman–Crippen LogP) is 25.6. The Balaban J connectivity index is 0.818. The molecule has 526 valence electrons. The second-order valence-electron chi connectivity index (χ2n) is 29.0. The molecule has 0 aliphatic carbocycles. The van der Waals surface area contributed by atoms with Gasteiger partial charge in [-0.2, -0.15) is 0 Å². The third-order valence-corrected chi connectivity index (χ3v) is 20.9. The summed E-state index contributed by atoms with van der Waals surface area (Å²) in [6.07, 6.45) is 55.8. The number of unbranched alkanes of at least 4 members (excludes halogenated alkanes) is 36. The summed E-state index contributed by atoms with van der Waals surface area (Å²) in [5, 5.41) is 3.61. The first-order chi connectivity index (χ1) is 49.0. The fourth-order valence-corrected chi connectivity index (χ4v) is 15.3. The first-order valence-corrected chi connectivity index (χ1v) is 39.9. The molecule has 6 aromatic carbocycles. The Morgan fingerprint density at radius 1 is 0.283 bits per heavy atom. The number of ether oxygens (including phenoxy) is 3. The number of fused-ring (bicyclic) bond motifs is 10. The van der Waals surface area contributed by atoms with Crippen LogP contribution in [0.4, 0.5) is 11.6 Å². The molecule has 11 heteroatoms. The van der Waals surface area contributed by atoms with E-state index in [1.54, 1.807) is 7.11 Å². The van der Waals surface area contributed by atoms with Crippen LogP contribution in [0.15, 0.2) is 147 Å². The number of nitrogens with zero attached hydrogens (tertiary/aromatic N) is 6. The number of hydrogen-bond acceptors (Lipinski definition) is 8. The number of rotatable bonds is 49. The summed E-state index contributed by atoms with van der Waals surface area (Å²) >= 11 is 0. The summed E-state index contributed by atoms with van der Waals surface area (Å²) < 4.78 is 31.2. The topological polar surface area (TPSA) is 96.2 Å². The minimum atomic E-state index is -0.699. The van der Waals surface area contributed by atoms with Crippen LogP contribution in [0, 0.1) is 0 Å². The van der Waals surface area contributed by atoms with E-state index in [1.807, 2.05) is 6.07 Å². The van der Waals surface area contributed by atoms with Gasteiger partial charge in [-0.25, -0.2) is 20.0 Å². The maximum absolute atomic E-state index is 6.80. The molecule has 0 N–H and O–H groups in total. The molecular weight excluding hydrogens is 1220 g/mol. The lowest BCUT2D eigenvalue weighted by Crippen LogP contribution is -2.49. The lowest BCUT2D eigenvalue weighted by atomic mass is 9.99. The summed E-state index contributed by atoms with van der Waals surface area (Å²) in [6.45, 7) is 6.89. The zero-order chi connectivity index (χ0) is 68.1. The summed E-state index contributed by atoms with van der Waals surface area (Å²) in [7, 11) is 1.05. The normalized spacial score (nSPS) is 13.7. The second kappa shape index (κ2) is 39.7. The predicted molar refractivity (Wildman–Crippen MR) is 416 cm³/mol. The first kappa shape index (κ1) is 73.0. The summed E-state index contributed by atoms with van der Waals surface area (Å²) in [5.74, 6) is 7.11. The molecule has 2 aromatic heterocycles. The zero-order valence-electron chi connectivity index (χ0n) is 61.2. The highest BCUT2D eigenvalue weighted by Gasteiger charge is 2.38.